The van der Waals surface area contributed by atoms with E-state index in [-0.39, 0.29) is 18.6 Å². The number of carbonyl (C=O) groups excluding carboxylic acids is 1. The topological polar surface area (TPSA) is 65.7 Å². The van der Waals surface area contributed by atoms with Crippen LogP contribution in [0, 0.1) is 0 Å². The van der Waals surface area contributed by atoms with Gasteiger partial charge in [-0.3, -0.25) is 0 Å². The Labute approximate surface area is 141 Å². The maximum Gasteiger partial charge on any atom is 0.318 e. The molecule has 5 heteroatoms. The minimum atomic E-state index is -0.851. The van der Waals surface area contributed by atoms with Crippen molar-refractivity contribution in [2.75, 3.05) is 6.54 Å². The SMILES string of the molecule is O=C(NC1CC=CC1)N(Cc1ccccc1)CC(O)c1ccco1. The minimum absolute atomic E-state index is 0.136. The van der Waals surface area contributed by atoms with E-state index in [1.165, 1.54) is 6.26 Å². The number of furan rings is 1. The van der Waals surface area contributed by atoms with Crippen molar-refractivity contribution >= 4 is 6.03 Å². The lowest BCUT2D eigenvalue weighted by atomic mass is 10.2. The molecule has 1 aliphatic rings. The van der Waals surface area contributed by atoms with Crippen LogP contribution in [0.15, 0.2) is 65.3 Å². The van der Waals surface area contributed by atoms with E-state index < -0.39 is 6.10 Å². The van der Waals surface area contributed by atoms with Crippen molar-refractivity contribution in [1.82, 2.24) is 10.2 Å². The lowest BCUT2D eigenvalue weighted by Crippen LogP contribution is -2.45. The quantitative estimate of drug-likeness (QED) is 0.801. The third-order valence-corrected chi connectivity index (χ3v) is 4.10. The molecule has 0 aliphatic heterocycles. The predicted octanol–water partition coefficient (Wildman–Crippen LogP) is 3.24. The molecule has 0 saturated heterocycles. The van der Waals surface area contributed by atoms with E-state index in [2.05, 4.69) is 17.5 Å². The molecule has 1 aromatic carbocycles. The van der Waals surface area contributed by atoms with Gasteiger partial charge in [0.2, 0.25) is 0 Å². The zero-order valence-electron chi connectivity index (χ0n) is 13.5. The van der Waals surface area contributed by atoms with E-state index in [0.29, 0.717) is 12.3 Å². The van der Waals surface area contributed by atoms with Gasteiger partial charge in [-0.2, -0.15) is 0 Å². The fourth-order valence-electron chi connectivity index (χ4n) is 2.80. The molecule has 126 valence electrons. The lowest BCUT2D eigenvalue weighted by molar-refractivity contribution is 0.100. The Morgan fingerprint density at radius 3 is 2.62 bits per heavy atom. The molecule has 1 atom stereocenters. The van der Waals surface area contributed by atoms with E-state index in [0.717, 1.165) is 18.4 Å². The zero-order chi connectivity index (χ0) is 16.8. The van der Waals surface area contributed by atoms with Gasteiger partial charge in [-0.25, -0.2) is 4.79 Å². The van der Waals surface area contributed by atoms with E-state index >= 15 is 0 Å². The predicted molar refractivity (Wildman–Crippen MR) is 91.2 cm³/mol. The largest absolute Gasteiger partial charge is 0.467 e. The number of nitrogens with zero attached hydrogens (tertiary/aromatic N) is 1. The lowest BCUT2D eigenvalue weighted by Gasteiger charge is -2.27. The van der Waals surface area contributed by atoms with Gasteiger partial charge < -0.3 is 19.7 Å². The van der Waals surface area contributed by atoms with Gasteiger partial charge in [0.05, 0.1) is 12.8 Å². The molecule has 2 aromatic rings. The second kappa shape index (κ2) is 7.84. The van der Waals surface area contributed by atoms with Crippen LogP contribution in [0.25, 0.3) is 0 Å². The van der Waals surface area contributed by atoms with Gasteiger partial charge >= 0.3 is 6.03 Å². The Hall–Kier alpha value is -2.53. The number of hydrogen-bond donors (Lipinski definition) is 2. The number of aliphatic hydroxyl groups is 1. The second-order valence-electron chi connectivity index (χ2n) is 5.99. The summed E-state index contributed by atoms with van der Waals surface area (Å²) in [6, 6.07) is 13.2. The highest BCUT2D eigenvalue weighted by Crippen LogP contribution is 2.17. The van der Waals surface area contributed by atoms with Crippen LogP contribution in [-0.2, 0) is 6.54 Å². The van der Waals surface area contributed by atoms with E-state index in [1.54, 1.807) is 17.0 Å². The summed E-state index contributed by atoms with van der Waals surface area (Å²) in [5.74, 6) is 0.461. The maximum atomic E-state index is 12.7. The van der Waals surface area contributed by atoms with Crippen molar-refractivity contribution in [3.63, 3.8) is 0 Å². The number of amides is 2. The smallest absolute Gasteiger partial charge is 0.318 e. The third kappa shape index (κ3) is 4.26. The maximum absolute atomic E-state index is 12.7. The molecular weight excluding hydrogens is 304 g/mol. The van der Waals surface area contributed by atoms with E-state index in [9.17, 15) is 9.90 Å². The standard InChI is InChI=1S/C19H22N2O3/c22-17(18-11-6-12-24-18)14-21(13-15-7-2-1-3-8-15)19(23)20-16-9-4-5-10-16/h1-8,11-12,16-17,22H,9-10,13-14H2,(H,20,23). The first-order valence-corrected chi connectivity index (χ1v) is 8.18. The van der Waals surface area contributed by atoms with Gasteiger partial charge in [0, 0.05) is 12.6 Å². The van der Waals surface area contributed by atoms with Gasteiger partial charge in [-0.15, -0.1) is 0 Å². The van der Waals surface area contributed by atoms with Crippen LogP contribution in [0.1, 0.15) is 30.3 Å². The minimum Gasteiger partial charge on any atom is -0.467 e. The molecule has 2 amide bonds. The first-order valence-electron chi connectivity index (χ1n) is 8.18. The van der Waals surface area contributed by atoms with Crippen LogP contribution in [0.5, 0.6) is 0 Å². The van der Waals surface area contributed by atoms with Gasteiger partial charge in [0.25, 0.3) is 0 Å². The molecule has 1 heterocycles. The van der Waals surface area contributed by atoms with Crippen LogP contribution in [0.4, 0.5) is 4.79 Å². The number of aliphatic hydroxyl groups excluding tert-OH is 1. The third-order valence-electron chi connectivity index (χ3n) is 4.10. The molecule has 1 unspecified atom stereocenters. The van der Waals surface area contributed by atoms with Crippen molar-refractivity contribution in [3.05, 3.63) is 72.2 Å². The van der Waals surface area contributed by atoms with Crippen molar-refractivity contribution < 1.29 is 14.3 Å². The Morgan fingerprint density at radius 2 is 1.96 bits per heavy atom. The van der Waals surface area contributed by atoms with E-state index in [1.807, 2.05) is 30.3 Å². The summed E-state index contributed by atoms with van der Waals surface area (Å²) >= 11 is 0. The Bertz CT molecular complexity index is 659. The van der Waals surface area contributed by atoms with Gasteiger partial charge in [0.15, 0.2) is 0 Å². The summed E-state index contributed by atoms with van der Waals surface area (Å²) < 4.78 is 5.24. The molecule has 0 saturated carbocycles. The number of hydrogen-bond acceptors (Lipinski definition) is 3. The number of benzene rings is 1. The molecule has 5 nitrogen and oxygen atoms in total. The normalized spacial score (nSPS) is 15.4. The molecule has 2 N–H and O–H groups in total. The Morgan fingerprint density at radius 1 is 1.21 bits per heavy atom. The highest BCUT2D eigenvalue weighted by Gasteiger charge is 2.23. The summed E-state index contributed by atoms with van der Waals surface area (Å²) in [6.45, 7) is 0.610. The van der Waals surface area contributed by atoms with Crippen molar-refractivity contribution in [3.8, 4) is 0 Å². The highest BCUT2D eigenvalue weighted by atomic mass is 16.4. The van der Waals surface area contributed by atoms with Crippen molar-refractivity contribution in [2.24, 2.45) is 0 Å². The van der Waals surface area contributed by atoms with Crippen LogP contribution >= 0.6 is 0 Å². The summed E-state index contributed by atoms with van der Waals surface area (Å²) in [5.41, 5.74) is 1.02. The fraction of sp³-hybridized carbons (Fsp3) is 0.316. The van der Waals surface area contributed by atoms with Crippen LogP contribution in [0.3, 0.4) is 0 Å². The summed E-state index contributed by atoms with van der Waals surface area (Å²) in [7, 11) is 0. The summed E-state index contributed by atoms with van der Waals surface area (Å²) in [6.07, 6.45) is 6.52. The molecule has 3 rings (SSSR count). The number of urea groups is 1. The average molecular weight is 326 g/mol. The second-order valence-corrected chi connectivity index (χ2v) is 5.99. The van der Waals surface area contributed by atoms with E-state index in [4.69, 9.17) is 4.42 Å². The Balaban J connectivity index is 1.68. The monoisotopic (exact) mass is 326 g/mol. The number of nitrogens with one attached hydrogen (secondary N) is 1. The molecule has 0 fully saturated rings. The van der Waals surface area contributed by atoms with Crippen LogP contribution < -0.4 is 5.32 Å². The van der Waals surface area contributed by atoms with Crippen LogP contribution in [-0.4, -0.2) is 28.6 Å². The molecular formula is C19H22N2O3. The van der Waals surface area contributed by atoms with Gasteiger partial charge in [-0.05, 0) is 30.5 Å². The molecule has 0 bridgehead atoms. The van der Waals surface area contributed by atoms with Gasteiger partial charge in [0.1, 0.15) is 11.9 Å². The highest BCUT2D eigenvalue weighted by molar-refractivity contribution is 5.74. The molecule has 0 radical (unpaired) electrons. The molecule has 1 aliphatic carbocycles. The average Bonchev–Trinajstić information content (AvgIpc) is 3.29. The zero-order valence-corrected chi connectivity index (χ0v) is 13.5. The molecule has 24 heavy (non-hydrogen) atoms. The first-order chi connectivity index (χ1) is 11.7. The van der Waals surface area contributed by atoms with Crippen LogP contribution in [0.2, 0.25) is 0 Å². The number of rotatable bonds is 6. The molecule has 0 spiro atoms. The number of carbonyl (C=O) groups is 1. The fourth-order valence-corrected chi connectivity index (χ4v) is 2.80. The molecule has 1 aromatic heterocycles. The summed E-state index contributed by atoms with van der Waals surface area (Å²) in [4.78, 5) is 14.3. The first kappa shape index (κ1) is 16.3. The van der Waals surface area contributed by atoms with Crippen molar-refractivity contribution in [2.45, 2.75) is 31.5 Å². The van der Waals surface area contributed by atoms with Gasteiger partial charge in [-0.1, -0.05) is 42.5 Å². The summed E-state index contributed by atoms with van der Waals surface area (Å²) in [5, 5.41) is 13.4. The Kier molecular flexibility index (Phi) is 5.33. The van der Waals surface area contributed by atoms with Crippen molar-refractivity contribution in [1.29, 1.82) is 0 Å².